The summed E-state index contributed by atoms with van der Waals surface area (Å²) in [6, 6.07) is 0. The van der Waals surface area contributed by atoms with Crippen LogP contribution in [-0.2, 0) is 4.52 Å². The molecular formula is CF3O3P-2. The van der Waals surface area contributed by atoms with Gasteiger partial charge in [0.25, 0.3) is 0 Å². The third-order valence-electron chi connectivity index (χ3n) is 0.178. The minimum absolute atomic E-state index is 2.39. The molecule has 3 nitrogen and oxygen atoms in total. The van der Waals surface area contributed by atoms with Crippen LogP contribution in [0.4, 0.5) is 13.2 Å². The third kappa shape index (κ3) is 6.10. The van der Waals surface area contributed by atoms with Gasteiger partial charge < -0.3 is 14.3 Å². The van der Waals surface area contributed by atoms with E-state index < -0.39 is 15.0 Å². The molecule has 0 saturated carbocycles. The van der Waals surface area contributed by atoms with Gasteiger partial charge in [0, 0.05) is 0 Å². The molecule has 0 rings (SSSR count). The van der Waals surface area contributed by atoms with Crippen molar-refractivity contribution in [1.82, 2.24) is 0 Å². The number of alkyl halides is 3. The molecule has 0 aliphatic heterocycles. The maximum absolute atomic E-state index is 10.7. The summed E-state index contributed by atoms with van der Waals surface area (Å²) >= 11 is 0. The average Bonchev–Trinajstić information content (AvgIpc) is 1.21. The fourth-order valence-electron chi connectivity index (χ4n) is 0.0845. The van der Waals surface area contributed by atoms with Crippen molar-refractivity contribution in [1.29, 1.82) is 0 Å². The summed E-state index contributed by atoms with van der Waals surface area (Å²) in [7, 11) is -3.81. The van der Waals surface area contributed by atoms with Crippen molar-refractivity contribution in [2.45, 2.75) is 6.36 Å². The fraction of sp³-hybridized carbons (Fsp3) is 1.00. The lowest BCUT2D eigenvalue weighted by Crippen LogP contribution is -2.19. The van der Waals surface area contributed by atoms with Gasteiger partial charge >= 0.3 is 6.36 Å². The van der Waals surface area contributed by atoms with Crippen LogP contribution in [0.2, 0.25) is 0 Å². The molecule has 0 aromatic carbocycles. The maximum atomic E-state index is 10.7. The van der Waals surface area contributed by atoms with Gasteiger partial charge in [0.2, 0.25) is 0 Å². The molecule has 7 heteroatoms. The summed E-state index contributed by atoms with van der Waals surface area (Å²) < 4.78 is 34.5. The molecule has 0 saturated heterocycles. The Morgan fingerprint density at radius 1 is 1.25 bits per heavy atom. The molecular weight excluding hydrogens is 148 g/mol. The van der Waals surface area contributed by atoms with E-state index >= 15 is 0 Å². The van der Waals surface area contributed by atoms with E-state index in [2.05, 4.69) is 4.52 Å². The molecule has 0 spiro atoms. The highest BCUT2D eigenvalue weighted by Gasteiger charge is 2.27. The molecule has 0 amide bonds. The van der Waals surface area contributed by atoms with E-state index in [1.54, 1.807) is 0 Å². The third-order valence-corrected chi connectivity index (χ3v) is 0.534. The molecule has 0 aliphatic carbocycles. The smallest absolute Gasteiger partial charge is 0.523 e. The van der Waals surface area contributed by atoms with Crippen LogP contribution in [0.1, 0.15) is 0 Å². The van der Waals surface area contributed by atoms with E-state index in [9.17, 15) is 13.2 Å². The van der Waals surface area contributed by atoms with E-state index in [1.165, 1.54) is 0 Å². The van der Waals surface area contributed by atoms with Crippen LogP contribution in [0.25, 0.3) is 0 Å². The Balaban J connectivity index is 3.39. The highest BCUT2D eigenvalue weighted by molar-refractivity contribution is 7.36. The van der Waals surface area contributed by atoms with Crippen molar-refractivity contribution in [2.24, 2.45) is 0 Å². The Kier molecular flexibility index (Phi) is 2.62. The zero-order valence-corrected chi connectivity index (χ0v) is 4.20. The normalized spacial score (nSPS) is 12.8. The van der Waals surface area contributed by atoms with Crippen LogP contribution in [0.15, 0.2) is 0 Å². The van der Waals surface area contributed by atoms with Gasteiger partial charge in [-0.3, -0.25) is 0 Å². The molecule has 0 fully saturated rings. The second-order valence-corrected chi connectivity index (χ2v) is 1.39. The molecule has 0 N–H and O–H groups in total. The van der Waals surface area contributed by atoms with E-state index in [0.717, 1.165) is 0 Å². The van der Waals surface area contributed by atoms with Crippen LogP contribution in [0, 0.1) is 0 Å². The van der Waals surface area contributed by atoms with Crippen molar-refractivity contribution in [3.05, 3.63) is 0 Å². The molecule has 50 valence electrons. The Labute approximate surface area is 43.7 Å². The first-order chi connectivity index (χ1) is 3.42. The van der Waals surface area contributed by atoms with Crippen molar-refractivity contribution < 1.29 is 27.5 Å². The first kappa shape index (κ1) is 8.10. The molecule has 0 aromatic heterocycles. The molecule has 0 atom stereocenters. The van der Waals surface area contributed by atoms with E-state index in [-0.39, 0.29) is 0 Å². The van der Waals surface area contributed by atoms with Crippen LogP contribution >= 0.6 is 8.60 Å². The first-order valence-corrected chi connectivity index (χ1v) is 2.41. The lowest BCUT2D eigenvalue weighted by atomic mass is 11.4. The predicted octanol–water partition coefficient (Wildman–Crippen LogP) is -0.530. The fourth-order valence-corrected chi connectivity index (χ4v) is 0.254. The second-order valence-electron chi connectivity index (χ2n) is 0.761. The Morgan fingerprint density at radius 2 is 1.62 bits per heavy atom. The van der Waals surface area contributed by atoms with E-state index in [1.807, 2.05) is 0 Å². The van der Waals surface area contributed by atoms with Crippen molar-refractivity contribution in [3.8, 4) is 0 Å². The lowest BCUT2D eigenvalue weighted by Gasteiger charge is -2.29. The monoisotopic (exact) mass is 148 g/mol. The number of halogens is 3. The lowest BCUT2D eigenvalue weighted by molar-refractivity contribution is -0.368. The highest BCUT2D eigenvalue weighted by Crippen LogP contribution is 2.28. The molecule has 0 heterocycles. The van der Waals surface area contributed by atoms with Gasteiger partial charge in [-0.1, -0.05) is 0 Å². The Bertz CT molecular complexity index is 69.4. The van der Waals surface area contributed by atoms with Crippen molar-refractivity contribution >= 4 is 8.60 Å². The van der Waals surface area contributed by atoms with Gasteiger partial charge in [0.15, 0.2) is 0 Å². The molecule has 0 aromatic rings. The summed E-state index contributed by atoms with van der Waals surface area (Å²) in [6.45, 7) is 0. The quantitative estimate of drug-likeness (QED) is 0.469. The molecule has 0 bridgehead atoms. The Hall–Kier alpha value is 0.100. The van der Waals surface area contributed by atoms with Crippen molar-refractivity contribution in [2.75, 3.05) is 0 Å². The minimum atomic E-state index is -5.07. The zero-order valence-electron chi connectivity index (χ0n) is 3.31. The van der Waals surface area contributed by atoms with Gasteiger partial charge in [-0.15, -0.1) is 21.8 Å². The van der Waals surface area contributed by atoms with Gasteiger partial charge in [0.1, 0.15) is 0 Å². The standard InChI is InChI=1S/CF3O3P/c2-1(3,4)7-8(5)6/q-2. The zero-order chi connectivity index (χ0) is 6.78. The summed E-state index contributed by atoms with van der Waals surface area (Å²) in [5.74, 6) is 0. The van der Waals surface area contributed by atoms with Crippen LogP contribution in [0.5, 0.6) is 0 Å². The van der Waals surface area contributed by atoms with Gasteiger partial charge in [0.05, 0.1) is 0 Å². The van der Waals surface area contributed by atoms with Crippen LogP contribution in [-0.4, -0.2) is 6.36 Å². The Morgan fingerprint density at radius 3 is 1.62 bits per heavy atom. The summed E-state index contributed by atoms with van der Waals surface area (Å²) in [6.07, 6.45) is -5.07. The largest absolute Gasteiger partial charge is 0.820 e. The molecule has 8 heavy (non-hydrogen) atoms. The summed E-state index contributed by atoms with van der Waals surface area (Å²) in [5, 5.41) is 0. The SMILES string of the molecule is [O-]P([O-])OC(F)(F)F. The predicted molar refractivity (Wildman–Crippen MR) is 14.1 cm³/mol. The van der Waals surface area contributed by atoms with Crippen molar-refractivity contribution in [3.63, 3.8) is 0 Å². The number of rotatable bonds is 1. The topological polar surface area (TPSA) is 55.3 Å². The first-order valence-electron chi connectivity index (χ1n) is 1.32. The van der Waals surface area contributed by atoms with Crippen LogP contribution < -0.4 is 9.79 Å². The van der Waals surface area contributed by atoms with Gasteiger partial charge in [-0.25, -0.2) is 0 Å². The summed E-state index contributed by atoms with van der Waals surface area (Å²) in [5.41, 5.74) is 0. The average molecular weight is 148 g/mol. The van der Waals surface area contributed by atoms with E-state index in [0.29, 0.717) is 0 Å². The molecule has 0 unspecified atom stereocenters. The highest BCUT2D eigenvalue weighted by atomic mass is 31.2. The number of hydrogen-bond donors (Lipinski definition) is 0. The van der Waals surface area contributed by atoms with E-state index in [4.69, 9.17) is 9.79 Å². The maximum Gasteiger partial charge on any atom is 0.523 e. The summed E-state index contributed by atoms with van der Waals surface area (Å²) in [4.78, 5) is 18.2. The van der Waals surface area contributed by atoms with Gasteiger partial charge in [-0.05, 0) is 0 Å². The number of hydrogen-bond acceptors (Lipinski definition) is 3. The second kappa shape index (κ2) is 2.59. The minimum Gasteiger partial charge on any atom is -0.820 e. The van der Waals surface area contributed by atoms with Crippen LogP contribution in [0.3, 0.4) is 0 Å². The molecule has 0 radical (unpaired) electrons. The van der Waals surface area contributed by atoms with Gasteiger partial charge in [-0.2, -0.15) is 0 Å². The molecule has 0 aliphatic rings.